The molecular formula is C70H72BN5O. The Balaban J connectivity index is 0.999. The number of aromatic nitrogens is 2. The summed E-state index contributed by atoms with van der Waals surface area (Å²) in [7, 11) is 0. The minimum Gasteiger partial charge on any atom is -0.457 e. The molecular weight excluding hydrogens is 938 g/mol. The molecule has 0 amide bonds. The Bertz CT molecular complexity index is 4220. The first-order valence-electron chi connectivity index (χ1n) is 30.6. The van der Waals surface area contributed by atoms with Gasteiger partial charge in [-0.15, -0.1) is 0 Å². The lowest BCUT2D eigenvalue weighted by Gasteiger charge is -2.44. The van der Waals surface area contributed by atoms with Gasteiger partial charge in [-0.2, -0.15) is 0 Å². The van der Waals surface area contributed by atoms with Crippen LogP contribution in [0.1, 0.15) is 149 Å². The van der Waals surface area contributed by atoms with Crippen molar-refractivity contribution in [2.45, 2.75) is 129 Å². The van der Waals surface area contributed by atoms with Gasteiger partial charge in [0.05, 0.1) is 42.0 Å². The topological polar surface area (TPSA) is 36.8 Å². The molecule has 0 spiro atoms. The SMILES string of the molecule is [2H]c1c([2H])c2c(c([2H])c1C1=CB3C=CC=CN3C(c3c([2H])c([2H])c4c(c3[2H])C(C)(C)CCC4(C)C)=C1N1CN(c3cccc(Oc4ccc5c6ccccc6n(-c6cc(C(C)(C)C)ccn6)c5c4)c3)c3ccccc31)C(C)(C)CCC2(C)C. The average molecular weight is 1020 g/mol. The second-order valence-corrected chi connectivity index (χ2v) is 25.7. The number of hydrogen-bond donors (Lipinski definition) is 0. The Kier molecular flexibility index (Phi) is 9.68. The Morgan fingerprint density at radius 2 is 1.21 bits per heavy atom. The van der Waals surface area contributed by atoms with Crippen LogP contribution in [0.3, 0.4) is 0 Å². The van der Waals surface area contributed by atoms with Gasteiger partial charge in [-0.1, -0.05) is 161 Å². The molecule has 0 radical (unpaired) electrons. The molecule has 5 aliphatic rings. The summed E-state index contributed by atoms with van der Waals surface area (Å²) in [5.74, 6) is 6.34. The fraction of sp³-hybridized carbons (Fsp3) is 0.300. The zero-order valence-electron chi connectivity index (χ0n) is 52.5. The van der Waals surface area contributed by atoms with E-state index in [4.69, 9.17) is 9.72 Å². The van der Waals surface area contributed by atoms with Gasteiger partial charge in [0, 0.05) is 34.8 Å². The van der Waals surface area contributed by atoms with Gasteiger partial charge in [-0.05, 0) is 170 Å². The monoisotopic (exact) mass is 1020 g/mol. The summed E-state index contributed by atoms with van der Waals surface area (Å²) in [4.78, 5) is 11.5. The first kappa shape index (κ1) is 42.6. The highest BCUT2D eigenvalue weighted by atomic mass is 16.5. The zero-order valence-corrected chi connectivity index (χ0v) is 46.5. The van der Waals surface area contributed by atoms with E-state index in [0.29, 0.717) is 39.6 Å². The van der Waals surface area contributed by atoms with Gasteiger partial charge in [0.2, 0.25) is 0 Å². The van der Waals surface area contributed by atoms with E-state index in [9.17, 15) is 8.22 Å². The van der Waals surface area contributed by atoms with Gasteiger partial charge in [0.25, 0.3) is 0 Å². The number of para-hydroxylation sites is 3. The van der Waals surface area contributed by atoms with E-state index in [0.717, 1.165) is 92.6 Å². The number of nitrogens with zero attached hydrogens (tertiary/aromatic N) is 5. The van der Waals surface area contributed by atoms with E-state index in [2.05, 4.69) is 180 Å². The van der Waals surface area contributed by atoms with Crippen molar-refractivity contribution < 1.29 is 13.0 Å². The predicted octanol–water partition coefficient (Wildman–Crippen LogP) is 17.8. The minimum atomic E-state index is -0.464. The highest BCUT2D eigenvalue weighted by molar-refractivity contribution is 6.70. The fourth-order valence-electron chi connectivity index (χ4n) is 12.7. The van der Waals surface area contributed by atoms with Gasteiger partial charge >= 0.3 is 6.85 Å². The van der Waals surface area contributed by atoms with Crippen molar-refractivity contribution >= 4 is 57.0 Å². The number of hydrogen-bond acceptors (Lipinski definition) is 5. The molecule has 386 valence electrons. The van der Waals surface area contributed by atoms with Crippen molar-refractivity contribution in [3.8, 4) is 17.3 Å². The smallest absolute Gasteiger partial charge is 0.313 e. The van der Waals surface area contributed by atoms with Gasteiger partial charge in [0.15, 0.2) is 0 Å². The van der Waals surface area contributed by atoms with Crippen LogP contribution in [0.4, 0.5) is 17.1 Å². The molecule has 3 aliphatic heterocycles. The Morgan fingerprint density at radius 3 is 1.92 bits per heavy atom. The van der Waals surface area contributed by atoms with Gasteiger partial charge < -0.3 is 19.3 Å². The number of ether oxygens (including phenoxy) is 1. The summed E-state index contributed by atoms with van der Waals surface area (Å²) in [6.45, 7) is 23.7. The lowest BCUT2D eigenvalue weighted by atomic mass is 9.55. The number of allylic oxidation sites excluding steroid dienone is 3. The lowest BCUT2D eigenvalue weighted by Crippen LogP contribution is -2.41. The first-order chi connectivity index (χ1) is 39.3. The zero-order chi connectivity index (χ0) is 58.6. The highest BCUT2D eigenvalue weighted by Crippen LogP contribution is 2.53. The van der Waals surface area contributed by atoms with Crippen LogP contribution in [-0.2, 0) is 27.1 Å². The van der Waals surface area contributed by atoms with Gasteiger partial charge in [0.1, 0.15) is 24.0 Å². The number of pyridine rings is 1. The first-order valence-corrected chi connectivity index (χ1v) is 27.6. The molecule has 6 nitrogen and oxygen atoms in total. The molecule has 2 aromatic heterocycles. The Morgan fingerprint density at radius 1 is 0.584 bits per heavy atom. The summed E-state index contributed by atoms with van der Waals surface area (Å²) in [6, 6.07) is 36.0. The van der Waals surface area contributed by atoms with Crippen LogP contribution >= 0.6 is 0 Å². The maximum absolute atomic E-state index is 10.5. The molecule has 8 aromatic rings. The maximum Gasteiger partial charge on any atom is 0.313 e. The van der Waals surface area contributed by atoms with Crippen LogP contribution in [0.2, 0.25) is 0 Å². The summed E-state index contributed by atoms with van der Waals surface area (Å²) >= 11 is 0. The van der Waals surface area contributed by atoms with E-state index in [1.54, 1.807) is 0 Å². The molecule has 5 heterocycles. The summed E-state index contributed by atoms with van der Waals surface area (Å²) in [6.07, 6.45) is 11.2. The van der Waals surface area contributed by atoms with E-state index < -0.39 is 28.5 Å². The molecule has 0 fully saturated rings. The molecule has 6 aromatic carbocycles. The van der Waals surface area contributed by atoms with Crippen LogP contribution in [0.15, 0.2) is 182 Å². The van der Waals surface area contributed by atoms with Gasteiger partial charge in [-0.3, -0.25) is 4.57 Å². The summed E-state index contributed by atoms with van der Waals surface area (Å²) in [5.41, 5.74) is 9.60. The third-order valence-corrected chi connectivity index (χ3v) is 17.5. The summed E-state index contributed by atoms with van der Waals surface area (Å²) < 4.78 is 70.4. The quantitative estimate of drug-likeness (QED) is 0.149. The fourth-order valence-corrected chi connectivity index (χ4v) is 12.7. The number of fused-ring (bicyclic) bond motifs is 7. The lowest BCUT2D eigenvalue weighted by molar-refractivity contribution is 0.332. The van der Waals surface area contributed by atoms with Crippen LogP contribution in [0.25, 0.3) is 38.9 Å². The second kappa shape index (κ2) is 17.5. The summed E-state index contributed by atoms with van der Waals surface area (Å²) in [5, 5.41) is 2.23. The molecule has 0 saturated heterocycles. The molecule has 13 rings (SSSR count). The molecule has 0 N–H and O–H groups in total. The van der Waals surface area contributed by atoms with E-state index in [-0.39, 0.29) is 48.3 Å². The molecule has 0 atom stereocenters. The van der Waals surface area contributed by atoms with Crippen LogP contribution in [0, 0.1) is 0 Å². The van der Waals surface area contributed by atoms with E-state index in [1.165, 1.54) is 5.56 Å². The Labute approximate surface area is 465 Å². The molecule has 2 aliphatic carbocycles. The van der Waals surface area contributed by atoms with E-state index >= 15 is 0 Å². The number of anilines is 3. The Hall–Kier alpha value is -7.51. The molecule has 0 bridgehead atoms. The van der Waals surface area contributed by atoms with Crippen molar-refractivity contribution in [2.75, 3.05) is 16.5 Å². The molecule has 0 saturated carbocycles. The molecule has 7 heteroatoms. The normalized spacial score (nSPS) is 19.9. The largest absolute Gasteiger partial charge is 0.457 e. The van der Waals surface area contributed by atoms with Crippen molar-refractivity contribution in [1.29, 1.82) is 0 Å². The van der Waals surface area contributed by atoms with Crippen LogP contribution in [-0.4, -0.2) is 27.9 Å². The highest BCUT2D eigenvalue weighted by Gasteiger charge is 2.43. The van der Waals surface area contributed by atoms with Crippen LogP contribution < -0.4 is 14.5 Å². The van der Waals surface area contributed by atoms with Gasteiger partial charge in [-0.25, -0.2) is 4.98 Å². The van der Waals surface area contributed by atoms with Crippen molar-refractivity contribution in [3.05, 3.63) is 221 Å². The molecule has 77 heavy (non-hydrogen) atoms. The standard InChI is InChI=1S/C70H72BN5O/c1-66(2,3)48-31-37-72-63(41-48)76-59-22-13-12-21-52(59)53-28-27-51(43-62(53)76)77-50-20-18-19-49(42-50)73-45-74(61-24-15-14-23-60(61)73)65-54(46-25-29-55-57(39-46)69(8,9)34-32-67(55,4)5)44-71-36-16-17-38-75(71)64(65)47-26-30-56-58(40-47)70(10,11)35-33-68(56,6)7/h12-31,36-44H,32-35,45H2,1-11H3/i25D,26D,29D,30D,39D,40D. The second-order valence-electron chi connectivity index (χ2n) is 25.7. The molecule has 0 unspecified atom stereocenters. The average Bonchev–Trinajstić information content (AvgIpc) is 1.35. The number of benzene rings is 6. The van der Waals surface area contributed by atoms with Crippen LogP contribution in [0.5, 0.6) is 11.5 Å². The van der Waals surface area contributed by atoms with Crippen molar-refractivity contribution in [2.24, 2.45) is 0 Å². The van der Waals surface area contributed by atoms with Crippen molar-refractivity contribution in [3.63, 3.8) is 0 Å². The number of rotatable bonds is 7. The predicted molar refractivity (Wildman–Crippen MR) is 324 cm³/mol. The maximum atomic E-state index is 10.5. The third kappa shape index (κ3) is 8.17. The van der Waals surface area contributed by atoms with E-state index in [1.807, 2.05) is 54.9 Å². The third-order valence-electron chi connectivity index (χ3n) is 17.5. The minimum absolute atomic E-state index is 0.0134. The van der Waals surface area contributed by atoms with Crippen molar-refractivity contribution in [1.82, 2.24) is 14.4 Å².